The molecule has 1 aromatic heterocycles. The Balaban J connectivity index is 1.86. The van der Waals surface area contributed by atoms with Crippen LogP contribution in [0.1, 0.15) is 29.2 Å². The average molecular weight is 356 g/mol. The maximum absolute atomic E-state index is 5.69. The van der Waals surface area contributed by atoms with Crippen molar-refractivity contribution in [3.63, 3.8) is 0 Å². The van der Waals surface area contributed by atoms with Crippen molar-refractivity contribution in [3.8, 4) is 5.75 Å². The first-order valence-electron chi connectivity index (χ1n) is 8.91. The molecule has 0 spiro atoms. The third kappa shape index (κ3) is 3.58. The fraction of sp³-hybridized carbons (Fsp3) is 0.136. The highest BCUT2D eigenvalue weighted by Crippen LogP contribution is 2.29. The van der Waals surface area contributed by atoms with E-state index in [-0.39, 0.29) is 0 Å². The molecular formula is C22H20N4O. The summed E-state index contributed by atoms with van der Waals surface area (Å²) in [6, 6.07) is 18.0. The van der Waals surface area contributed by atoms with Gasteiger partial charge in [0.2, 0.25) is 0 Å². The van der Waals surface area contributed by atoms with Gasteiger partial charge in [0.15, 0.2) is 5.84 Å². The molecule has 5 heteroatoms. The van der Waals surface area contributed by atoms with Crippen LogP contribution in [-0.2, 0) is 0 Å². The maximum atomic E-state index is 5.69. The Bertz CT molecular complexity index is 1010. The van der Waals surface area contributed by atoms with E-state index in [0.717, 1.165) is 33.8 Å². The second kappa shape index (κ2) is 7.41. The Morgan fingerprint density at radius 2 is 1.85 bits per heavy atom. The molecule has 3 aromatic rings. The van der Waals surface area contributed by atoms with Crippen LogP contribution in [0, 0.1) is 6.92 Å². The van der Waals surface area contributed by atoms with E-state index < -0.39 is 0 Å². The van der Waals surface area contributed by atoms with Crippen LogP contribution in [-0.4, -0.2) is 23.1 Å². The molecule has 0 saturated heterocycles. The number of aromatic nitrogens is 1. The first-order chi connectivity index (χ1) is 13.2. The predicted octanol–water partition coefficient (Wildman–Crippen LogP) is 4.22. The van der Waals surface area contributed by atoms with Crippen LogP contribution in [0.25, 0.3) is 0 Å². The van der Waals surface area contributed by atoms with Crippen molar-refractivity contribution in [2.75, 3.05) is 6.61 Å². The van der Waals surface area contributed by atoms with Gasteiger partial charge in [0.05, 0.1) is 12.3 Å². The summed E-state index contributed by atoms with van der Waals surface area (Å²) >= 11 is 0. The van der Waals surface area contributed by atoms with Crippen molar-refractivity contribution < 1.29 is 4.74 Å². The minimum absolute atomic E-state index is 0.609. The number of aryl methyl sites for hydroxylation is 1. The quantitative estimate of drug-likeness (QED) is 0.761. The molecule has 0 radical (unpaired) electrons. The number of nitrogens with zero attached hydrogens (tertiary/aromatic N) is 3. The SMILES string of the molecule is CCOc1ccc2c(c1)C(c1ccc(C)cc1)=NNC(c1cccnc1)=N2. The van der Waals surface area contributed by atoms with Gasteiger partial charge < -0.3 is 4.74 Å². The van der Waals surface area contributed by atoms with Crippen LogP contribution < -0.4 is 10.2 Å². The lowest BCUT2D eigenvalue weighted by Crippen LogP contribution is -2.19. The van der Waals surface area contributed by atoms with E-state index in [1.165, 1.54) is 5.56 Å². The van der Waals surface area contributed by atoms with Crippen LogP contribution in [0.15, 0.2) is 77.1 Å². The van der Waals surface area contributed by atoms with Gasteiger partial charge in [0.25, 0.3) is 0 Å². The van der Waals surface area contributed by atoms with Gasteiger partial charge in [-0.3, -0.25) is 10.4 Å². The van der Waals surface area contributed by atoms with E-state index >= 15 is 0 Å². The van der Waals surface area contributed by atoms with Crippen molar-refractivity contribution in [1.29, 1.82) is 0 Å². The van der Waals surface area contributed by atoms with Gasteiger partial charge in [-0.05, 0) is 44.2 Å². The van der Waals surface area contributed by atoms with Gasteiger partial charge in [-0.25, -0.2) is 4.99 Å². The monoisotopic (exact) mass is 356 g/mol. The summed E-state index contributed by atoms with van der Waals surface area (Å²) in [7, 11) is 0. The number of hydrogen-bond donors (Lipinski definition) is 1. The fourth-order valence-corrected chi connectivity index (χ4v) is 2.94. The Labute approximate surface area is 158 Å². The summed E-state index contributed by atoms with van der Waals surface area (Å²) in [6.45, 7) is 4.65. The van der Waals surface area contributed by atoms with Crippen molar-refractivity contribution in [3.05, 3.63) is 89.2 Å². The average Bonchev–Trinajstić information content (AvgIpc) is 2.89. The number of amidine groups is 1. The summed E-state index contributed by atoms with van der Waals surface area (Å²) in [4.78, 5) is 8.98. The summed E-state index contributed by atoms with van der Waals surface area (Å²) < 4.78 is 5.69. The first-order valence-corrected chi connectivity index (χ1v) is 8.91. The second-order valence-electron chi connectivity index (χ2n) is 6.25. The summed E-state index contributed by atoms with van der Waals surface area (Å²) in [5.41, 5.74) is 8.81. The Morgan fingerprint density at radius 3 is 2.59 bits per heavy atom. The molecule has 0 atom stereocenters. The first kappa shape index (κ1) is 17.0. The van der Waals surface area contributed by atoms with Crippen molar-refractivity contribution >= 4 is 17.2 Å². The summed E-state index contributed by atoms with van der Waals surface area (Å²) in [5.74, 6) is 1.46. The third-order valence-electron chi connectivity index (χ3n) is 4.30. The molecule has 1 N–H and O–H groups in total. The normalized spacial score (nSPS) is 13.0. The molecule has 0 amide bonds. The zero-order valence-electron chi connectivity index (χ0n) is 15.3. The third-order valence-corrected chi connectivity index (χ3v) is 4.30. The fourth-order valence-electron chi connectivity index (χ4n) is 2.94. The smallest absolute Gasteiger partial charge is 0.155 e. The lowest BCUT2D eigenvalue weighted by Gasteiger charge is -2.10. The highest BCUT2D eigenvalue weighted by Gasteiger charge is 2.18. The molecule has 4 rings (SSSR count). The Kier molecular flexibility index (Phi) is 4.66. The molecule has 5 nitrogen and oxygen atoms in total. The highest BCUT2D eigenvalue weighted by atomic mass is 16.5. The van der Waals surface area contributed by atoms with Crippen LogP contribution in [0.2, 0.25) is 0 Å². The molecule has 0 unspecified atom stereocenters. The van der Waals surface area contributed by atoms with E-state index in [4.69, 9.17) is 9.73 Å². The number of pyridine rings is 1. The molecule has 134 valence electrons. The molecular weight excluding hydrogens is 336 g/mol. The molecule has 2 aromatic carbocycles. The minimum atomic E-state index is 0.609. The second-order valence-corrected chi connectivity index (χ2v) is 6.25. The lowest BCUT2D eigenvalue weighted by molar-refractivity contribution is 0.340. The number of hydrogen-bond acceptors (Lipinski definition) is 5. The van der Waals surface area contributed by atoms with Gasteiger partial charge in [-0.1, -0.05) is 29.8 Å². The highest BCUT2D eigenvalue weighted by molar-refractivity contribution is 6.18. The number of ether oxygens (including phenoxy) is 1. The van der Waals surface area contributed by atoms with Gasteiger partial charge >= 0.3 is 0 Å². The number of rotatable bonds is 4. The van der Waals surface area contributed by atoms with Crippen LogP contribution in [0.3, 0.4) is 0 Å². The van der Waals surface area contributed by atoms with Crippen molar-refractivity contribution in [2.45, 2.75) is 13.8 Å². The zero-order valence-corrected chi connectivity index (χ0v) is 15.3. The molecule has 27 heavy (non-hydrogen) atoms. The lowest BCUT2D eigenvalue weighted by atomic mass is 9.99. The van der Waals surface area contributed by atoms with Gasteiger partial charge in [0.1, 0.15) is 11.5 Å². The van der Waals surface area contributed by atoms with E-state index in [0.29, 0.717) is 12.4 Å². The standard InChI is InChI=1S/C22H20N4O/c1-3-27-18-10-11-20-19(13-18)21(16-8-6-15(2)7-9-16)25-26-22(24-20)17-5-4-12-23-14-17/h4-14H,3H2,1-2H3,(H,24,26). The number of nitrogens with one attached hydrogen (secondary N) is 1. The van der Waals surface area contributed by atoms with Gasteiger partial charge in [-0.15, -0.1) is 0 Å². The Morgan fingerprint density at radius 1 is 1.00 bits per heavy atom. The van der Waals surface area contributed by atoms with Crippen LogP contribution in [0.4, 0.5) is 5.69 Å². The predicted molar refractivity (Wildman–Crippen MR) is 108 cm³/mol. The molecule has 1 aliphatic heterocycles. The van der Waals surface area contributed by atoms with Gasteiger partial charge in [-0.2, -0.15) is 5.10 Å². The molecule has 1 aliphatic rings. The molecule has 0 saturated carbocycles. The molecule has 0 aliphatic carbocycles. The van der Waals surface area contributed by atoms with E-state index in [1.807, 2.05) is 37.3 Å². The number of fused-ring (bicyclic) bond motifs is 1. The zero-order chi connectivity index (χ0) is 18.6. The topological polar surface area (TPSA) is 58.9 Å². The van der Waals surface area contributed by atoms with Gasteiger partial charge in [0, 0.05) is 29.1 Å². The number of aliphatic imine (C=N–C) groups is 1. The molecule has 0 bridgehead atoms. The Hall–Kier alpha value is -3.47. The summed E-state index contributed by atoms with van der Waals surface area (Å²) in [6.07, 6.45) is 3.51. The van der Waals surface area contributed by atoms with Crippen molar-refractivity contribution in [2.24, 2.45) is 10.1 Å². The van der Waals surface area contributed by atoms with Crippen molar-refractivity contribution in [1.82, 2.24) is 10.4 Å². The van der Waals surface area contributed by atoms with E-state index in [9.17, 15) is 0 Å². The van der Waals surface area contributed by atoms with E-state index in [2.05, 4.69) is 46.7 Å². The number of benzene rings is 2. The maximum Gasteiger partial charge on any atom is 0.155 e. The largest absolute Gasteiger partial charge is 0.494 e. The minimum Gasteiger partial charge on any atom is -0.494 e. The van der Waals surface area contributed by atoms with E-state index in [1.54, 1.807) is 12.4 Å². The summed E-state index contributed by atoms with van der Waals surface area (Å²) in [5, 5.41) is 4.68. The molecule has 2 heterocycles. The van der Waals surface area contributed by atoms with Crippen LogP contribution in [0.5, 0.6) is 5.75 Å². The molecule has 0 fully saturated rings. The number of hydrazone groups is 1. The van der Waals surface area contributed by atoms with Crippen LogP contribution >= 0.6 is 0 Å².